The zero-order chi connectivity index (χ0) is 14.8. The van der Waals surface area contributed by atoms with Crippen LogP contribution in [0.1, 0.15) is 5.69 Å². The molecule has 0 aliphatic carbocycles. The molecular formula is C15H14ClN3O2. The molecular weight excluding hydrogens is 290 g/mol. The van der Waals surface area contributed by atoms with Crippen molar-refractivity contribution in [1.29, 1.82) is 0 Å². The molecule has 0 aliphatic rings. The number of aliphatic hydroxyl groups is 1. The van der Waals surface area contributed by atoms with Crippen LogP contribution in [0.15, 0.2) is 42.6 Å². The summed E-state index contributed by atoms with van der Waals surface area (Å²) < 4.78 is 1.79. The average molecular weight is 304 g/mol. The van der Waals surface area contributed by atoms with Crippen LogP contribution in [-0.4, -0.2) is 26.4 Å². The molecule has 0 amide bonds. The number of hydrogen-bond donors (Lipinski definition) is 3. The fourth-order valence-electron chi connectivity index (χ4n) is 2.21. The maximum absolute atomic E-state index is 9.44. The summed E-state index contributed by atoms with van der Waals surface area (Å²) in [7, 11) is 0. The molecule has 3 N–H and O–H groups in total. The minimum atomic E-state index is 0.0484. The molecule has 0 bridgehead atoms. The lowest BCUT2D eigenvalue weighted by molar-refractivity contribution is 0.297. The Balaban J connectivity index is 1.97. The Bertz CT molecular complexity index is 786. The van der Waals surface area contributed by atoms with E-state index in [1.165, 1.54) is 6.07 Å². The van der Waals surface area contributed by atoms with E-state index in [9.17, 15) is 5.11 Å². The van der Waals surface area contributed by atoms with E-state index in [2.05, 4.69) is 10.4 Å². The highest BCUT2D eigenvalue weighted by molar-refractivity contribution is 6.32. The van der Waals surface area contributed by atoms with E-state index < -0.39 is 0 Å². The lowest BCUT2D eigenvalue weighted by Gasteiger charge is -2.07. The van der Waals surface area contributed by atoms with Gasteiger partial charge in [0.1, 0.15) is 5.75 Å². The Morgan fingerprint density at radius 3 is 2.86 bits per heavy atom. The van der Waals surface area contributed by atoms with Gasteiger partial charge in [-0.25, -0.2) is 4.52 Å². The second-order valence-corrected chi connectivity index (χ2v) is 5.04. The smallest absolute Gasteiger partial charge is 0.134 e. The zero-order valence-corrected chi connectivity index (χ0v) is 11.9. The summed E-state index contributed by atoms with van der Waals surface area (Å²) >= 11 is 5.90. The standard InChI is InChI=1S/C15H14ClN3O2/c16-12-8-10(4-5-15(12)21)18-13-9-17-19-11(6-7-20)2-1-3-14(13)19/h1-5,8-9,18,20-21H,6-7H2. The number of benzene rings is 1. The predicted octanol–water partition coefficient (Wildman–Crippen LogP) is 2.97. The van der Waals surface area contributed by atoms with Gasteiger partial charge in [0.25, 0.3) is 0 Å². The quantitative estimate of drug-likeness (QED) is 0.648. The molecule has 0 unspecified atom stereocenters. The number of hydrogen-bond acceptors (Lipinski definition) is 4. The van der Waals surface area contributed by atoms with Crippen LogP contribution in [0.4, 0.5) is 11.4 Å². The summed E-state index contributed by atoms with van der Waals surface area (Å²) in [6.07, 6.45) is 2.26. The van der Waals surface area contributed by atoms with Crippen molar-refractivity contribution in [2.75, 3.05) is 11.9 Å². The van der Waals surface area contributed by atoms with Gasteiger partial charge >= 0.3 is 0 Å². The Labute approximate surface area is 126 Å². The van der Waals surface area contributed by atoms with Crippen LogP contribution in [0.3, 0.4) is 0 Å². The number of aliphatic hydroxyl groups excluding tert-OH is 1. The van der Waals surface area contributed by atoms with E-state index in [-0.39, 0.29) is 17.4 Å². The third kappa shape index (κ3) is 2.66. The summed E-state index contributed by atoms with van der Waals surface area (Å²) in [5, 5.41) is 26.4. The van der Waals surface area contributed by atoms with Crippen LogP contribution in [-0.2, 0) is 6.42 Å². The molecule has 3 rings (SSSR count). The van der Waals surface area contributed by atoms with Gasteiger partial charge in [0, 0.05) is 24.4 Å². The summed E-state index contributed by atoms with van der Waals surface area (Å²) in [6, 6.07) is 10.7. The number of phenols is 1. The van der Waals surface area contributed by atoms with Gasteiger partial charge in [0.2, 0.25) is 0 Å². The first-order chi connectivity index (χ1) is 10.2. The van der Waals surface area contributed by atoms with Crippen LogP contribution in [0.5, 0.6) is 5.75 Å². The lowest BCUT2D eigenvalue weighted by atomic mass is 10.2. The Kier molecular flexibility index (Phi) is 3.68. The molecule has 21 heavy (non-hydrogen) atoms. The molecule has 0 atom stereocenters. The van der Waals surface area contributed by atoms with Crippen LogP contribution < -0.4 is 5.32 Å². The molecule has 5 nitrogen and oxygen atoms in total. The third-order valence-corrected chi connectivity index (χ3v) is 3.52. The zero-order valence-electron chi connectivity index (χ0n) is 11.1. The summed E-state index contributed by atoms with van der Waals surface area (Å²) in [5.74, 6) is 0.0484. The van der Waals surface area contributed by atoms with Crippen molar-refractivity contribution in [2.24, 2.45) is 0 Å². The number of fused-ring (bicyclic) bond motifs is 1. The fourth-order valence-corrected chi connectivity index (χ4v) is 2.39. The predicted molar refractivity (Wildman–Crippen MR) is 82.4 cm³/mol. The first-order valence-corrected chi connectivity index (χ1v) is 6.89. The number of aromatic nitrogens is 2. The van der Waals surface area contributed by atoms with Gasteiger partial charge in [-0.1, -0.05) is 17.7 Å². The molecule has 108 valence electrons. The van der Waals surface area contributed by atoms with Crippen molar-refractivity contribution in [2.45, 2.75) is 6.42 Å². The highest BCUT2D eigenvalue weighted by Crippen LogP contribution is 2.29. The number of nitrogens with one attached hydrogen (secondary N) is 1. The van der Waals surface area contributed by atoms with E-state index in [0.717, 1.165) is 22.6 Å². The van der Waals surface area contributed by atoms with Gasteiger partial charge in [0.15, 0.2) is 0 Å². The normalized spacial score (nSPS) is 11.0. The minimum Gasteiger partial charge on any atom is -0.506 e. The second kappa shape index (κ2) is 5.63. The van der Waals surface area contributed by atoms with Gasteiger partial charge < -0.3 is 15.5 Å². The molecule has 0 fully saturated rings. The number of rotatable bonds is 4. The molecule has 0 aliphatic heterocycles. The molecule has 3 aromatic rings. The fraction of sp³-hybridized carbons (Fsp3) is 0.133. The Morgan fingerprint density at radius 2 is 2.10 bits per heavy atom. The van der Waals surface area contributed by atoms with Crippen LogP contribution in [0.2, 0.25) is 5.02 Å². The SMILES string of the molecule is OCCc1cccc2c(Nc3ccc(O)c(Cl)c3)cnn12. The minimum absolute atomic E-state index is 0.0484. The van der Waals surface area contributed by atoms with E-state index in [1.807, 2.05) is 18.2 Å². The third-order valence-electron chi connectivity index (χ3n) is 3.22. The molecule has 2 heterocycles. The highest BCUT2D eigenvalue weighted by atomic mass is 35.5. The average Bonchev–Trinajstić information content (AvgIpc) is 2.88. The number of nitrogens with zero attached hydrogens (tertiary/aromatic N) is 2. The number of phenolic OH excluding ortho intramolecular Hbond substituents is 1. The van der Waals surface area contributed by atoms with Gasteiger partial charge in [-0.05, 0) is 30.3 Å². The van der Waals surface area contributed by atoms with Crippen LogP contribution >= 0.6 is 11.6 Å². The van der Waals surface area contributed by atoms with Crippen molar-refractivity contribution >= 4 is 28.5 Å². The van der Waals surface area contributed by atoms with Crippen molar-refractivity contribution in [3.05, 3.63) is 53.3 Å². The number of pyridine rings is 1. The maximum atomic E-state index is 9.44. The highest BCUT2D eigenvalue weighted by Gasteiger charge is 2.08. The number of aromatic hydroxyl groups is 1. The molecule has 0 saturated heterocycles. The molecule has 6 heteroatoms. The molecule has 0 radical (unpaired) electrons. The molecule has 1 aromatic carbocycles. The largest absolute Gasteiger partial charge is 0.506 e. The van der Waals surface area contributed by atoms with Gasteiger partial charge in [-0.2, -0.15) is 5.10 Å². The van der Waals surface area contributed by atoms with E-state index in [1.54, 1.807) is 22.8 Å². The molecule has 0 spiro atoms. The van der Waals surface area contributed by atoms with Crippen LogP contribution in [0, 0.1) is 0 Å². The van der Waals surface area contributed by atoms with E-state index in [0.29, 0.717) is 6.42 Å². The summed E-state index contributed by atoms with van der Waals surface area (Å²) in [5.41, 5.74) is 3.44. The molecule has 2 aromatic heterocycles. The monoisotopic (exact) mass is 303 g/mol. The van der Waals surface area contributed by atoms with E-state index >= 15 is 0 Å². The Hall–Kier alpha value is -2.24. The number of halogens is 1. The van der Waals surface area contributed by atoms with Crippen molar-refractivity contribution < 1.29 is 10.2 Å². The van der Waals surface area contributed by atoms with Crippen molar-refractivity contribution in [3.8, 4) is 5.75 Å². The van der Waals surface area contributed by atoms with Gasteiger partial charge in [-0.15, -0.1) is 0 Å². The van der Waals surface area contributed by atoms with Crippen molar-refractivity contribution in [3.63, 3.8) is 0 Å². The van der Waals surface area contributed by atoms with Gasteiger partial charge in [0.05, 0.1) is 22.4 Å². The number of anilines is 2. The first-order valence-electron chi connectivity index (χ1n) is 6.51. The van der Waals surface area contributed by atoms with E-state index in [4.69, 9.17) is 16.7 Å². The van der Waals surface area contributed by atoms with Gasteiger partial charge in [-0.3, -0.25) is 0 Å². The lowest BCUT2D eigenvalue weighted by Crippen LogP contribution is -2.01. The van der Waals surface area contributed by atoms with Crippen LogP contribution in [0.25, 0.3) is 5.52 Å². The maximum Gasteiger partial charge on any atom is 0.134 e. The van der Waals surface area contributed by atoms with Crippen molar-refractivity contribution in [1.82, 2.24) is 9.61 Å². The Morgan fingerprint density at radius 1 is 1.24 bits per heavy atom. The topological polar surface area (TPSA) is 69.8 Å². The second-order valence-electron chi connectivity index (χ2n) is 4.64. The molecule has 0 saturated carbocycles. The summed E-state index contributed by atoms with van der Waals surface area (Å²) in [6.45, 7) is 0.0787. The summed E-state index contributed by atoms with van der Waals surface area (Å²) in [4.78, 5) is 0. The first kappa shape index (κ1) is 13.7.